The minimum atomic E-state index is 0. The molecule has 2 nitrogen and oxygen atoms in total. The van der Waals surface area contributed by atoms with Crippen LogP contribution in [0.4, 0.5) is 0 Å². The molecule has 25 heavy (non-hydrogen) atoms. The Morgan fingerprint density at radius 1 is 0.920 bits per heavy atom. The second-order valence-electron chi connectivity index (χ2n) is 6.83. The zero-order valence-corrected chi connectivity index (χ0v) is 18.1. The van der Waals surface area contributed by atoms with E-state index in [0.29, 0.717) is 6.04 Å². The van der Waals surface area contributed by atoms with Crippen LogP contribution in [0.25, 0.3) is 0 Å². The van der Waals surface area contributed by atoms with Crippen LogP contribution in [0, 0.1) is 0 Å². The van der Waals surface area contributed by atoms with E-state index in [2.05, 4.69) is 67.3 Å². The summed E-state index contributed by atoms with van der Waals surface area (Å²) in [4.78, 5) is 2.63. The molecule has 4 heteroatoms. The number of halogens is 2. The Labute approximate surface area is 174 Å². The lowest BCUT2D eigenvalue weighted by Gasteiger charge is -2.46. The Balaban J connectivity index is 0.00000225. The highest BCUT2D eigenvalue weighted by Gasteiger charge is 2.33. The highest BCUT2D eigenvalue weighted by Crippen LogP contribution is 2.31. The smallest absolute Gasteiger partial charge is 0.0916 e. The number of piperazine rings is 1. The summed E-state index contributed by atoms with van der Waals surface area (Å²) in [5.74, 6) is 0. The molecule has 1 fully saturated rings. The molecule has 0 spiro atoms. The number of nitrogens with zero attached hydrogens (tertiary/aromatic N) is 2. The van der Waals surface area contributed by atoms with E-state index in [0.717, 1.165) is 18.1 Å². The third-order valence-corrected chi connectivity index (χ3v) is 5.94. The van der Waals surface area contributed by atoms with Crippen LogP contribution in [-0.2, 0) is 0 Å². The monoisotopic (exact) mass is 470 g/mol. The van der Waals surface area contributed by atoms with E-state index < -0.39 is 0 Å². The average Bonchev–Trinajstić information content (AvgIpc) is 2.64. The molecule has 1 heterocycles. The third-order valence-electron chi connectivity index (χ3n) is 5.71. The van der Waals surface area contributed by atoms with Crippen molar-refractivity contribution in [2.75, 3.05) is 39.3 Å². The summed E-state index contributed by atoms with van der Waals surface area (Å²) < 4.78 is 1.24. The van der Waals surface area contributed by atoms with Crippen molar-refractivity contribution >= 4 is 11.6 Å². The summed E-state index contributed by atoms with van der Waals surface area (Å²) in [6.07, 6.45) is 0. The van der Waals surface area contributed by atoms with Crippen LogP contribution in [-0.4, -0.2) is 48.7 Å². The molecule has 0 aromatic heterocycles. The van der Waals surface area contributed by atoms with Crippen LogP contribution in [0.15, 0.2) is 54.6 Å². The molecule has 0 aliphatic carbocycles. The second kappa shape index (κ2) is 9.36. The molecule has 1 aliphatic rings. The van der Waals surface area contributed by atoms with Gasteiger partial charge in [-0.2, -0.15) is 0 Å². The summed E-state index contributed by atoms with van der Waals surface area (Å²) in [6, 6.07) is 19.5. The van der Waals surface area contributed by atoms with E-state index in [9.17, 15) is 0 Å². The van der Waals surface area contributed by atoms with E-state index in [4.69, 9.17) is 11.6 Å². The van der Waals surface area contributed by atoms with Crippen molar-refractivity contribution in [2.24, 2.45) is 0 Å². The Bertz CT molecular complexity index is 648. The lowest BCUT2D eigenvalue weighted by Crippen LogP contribution is -3.00. The maximum atomic E-state index is 6.28. The predicted octanol–water partition coefficient (Wildman–Crippen LogP) is 1.61. The molecule has 1 aliphatic heterocycles. The van der Waals surface area contributed by atoms with Gasteiger partial charge in [0.25, 0.3) is 0 Å². The molecule has 0 N–H and O–H groups in total. The quantitative estimate of drug-likeness (QED) is 0.474. The van der Waals surface area contributed by atoms with Crippen LogP contribution in [0.5, 0.6) is 0 Å². The number of likely N-dealkylation sites (N-methyl/N-ethyl adjacent to an activating group) is 1. The fraction of sp³-hybridized carbons (Fsp3) is 0.429. The Morgan fingerprint density at radius 3 is 2.08 bits per heavy atom. The Kier molecular flexibility index (Phi) is 7.74. The fourth-order valence-electron chi connectivity index (χ4n) is 3.95. The fourth-order valence-corrected chi connectivity index (χ4v) is 4.14. The number of rotatable bonds is 5. The van der Waals surface area contributed by atoms with Gasteiger partial charge in [0.05, 0.1) is 32.2 Å². The topological polar surface area (TPSA) is 3.24 Å². The summed E-state index contributed by atoms with van der Waals surface area (Å²) >= 11 is 6.28. The lowest BCUT2D eigenvalue weighted by atomic mass is 9.96. The molecule has 136 valence electrons. The number of quaternary nitrogens is 1. The molecule has 0 bridgehead atoms. The molecule has 0 amide bonds. The van der Waals surface area contributed by atoms with Gasteiger partial charge < -0.3 is 28.5 Å². The van der Waals surface area contributed by atoms with Crippen molar-refractivity contribution in [2.45, 2.75) is 19.9 Å². The predicted molar refractivity (Wildman–Crippen MR) is 102 cm³/mol. The van der Waals surface area contributed by atoms with Gasteiger partial charge in [-0.25, -0.2) is 0 Å². The highest BCUT2D eigenvalue weighted by atomic mass is 127. The van der Waals surface area contributed by atoms with E-state index in [1.165, 1.54) is 41.8 Å². The van der Waals surface area contributed by atoms with Gasteiger partial charge in [0.15, 0.2) is 0 Å². The maximum Gasteiger partial charge on any atom is 0.0916 e. The van der Waals surface area contributed by atoms with Crippen molar-refractivity contribution in [1.29, 1.82) is 0 Å². The van der Waals surface area contributed by atoms with Crippen molar-refractivity contribution in [3.8, 4) is 0 Å². The molecular weight excluding hydrogens is 443 g/mol. The minimum absolute atomic E-state index is 0. The molecule has 1 atom stereocenters. The van der Waals surface area contributed by atoms with Crippen LogP contribution < -0.4 is 24.0 Å². The van der Waals surface area contributed by atoms with E-state index in [1.54, 1.807) is 0 Å². The van der Waals surface area contributed by atoms with Gasteiger partial charge in [0.2, 0.25) is 0 Å². The molecule has 2 aromatic carbocycles. The SMILES string of the molecule is CC[N+]1(CC)CCN(C(c2ccccc2)c2cccc(Cl)c2)CC1.[I-]. The molecule has 3 rings (SSSR count). The minimum Gasteiger partial charge on any atom is -1.00 e. The third kappa shape index (κ3) is 4.76. The summed E-state index contributed by atoms with van der Waals surface area (Å²) in [7, 11) is 0. The number of hydrogen-bond acceptors (Lipinski definition) is 1. The van der Waals surface area contributed by atoms with Crippen molar-refractivity contribution in [3.05, 3.63) is 70.7 Å². The normalized spacial score (nSPS) is 18.4. The van der Waals surface area contributed by atoms with Gasteiger partial charge in [-0.05, 0) is 37.1 Å². The molecule has 0 saturated carbocycles. The first-order valence-corrected chi connectivity index (χ1v) is 9.45. The van der Waals surface area contributed by atoms with Crippen molar-refractivity contribution in [1.82, 2.24) is 4.90 Å². The second-order valence-corrected chi connectivity index (χ2v) is 7.26. The summed E-state index contributed by atoms with van der Waals surface area (Å²) in [6.45, 7) is 11.8. The van der Waals surface area contributed by atoms with E-state index in [-0.39, 0.29) is 24.0 Å². The van der Waals surface area contributed by atoms with Crippen LogP contribution in [0.3, 0.4) is 0 Å². The molecule has 2 aromatic rings. The first kappa shape index (κ1) is 20.7. The van der Waals surface area contributed by atoms with Gasteiger partial charge in [0.1, 0.15) is 0 Å². The maximum absolute atomic E-state index is 6.28. The van der Waals surface area contributed by atoms with Crippen LogP contribution in [0.2, 0.25) is 5.02 Å². The molecule has 0 radical (unpaired) electrons. The number of hydrogen-bond donors (Lipinski definition) is 0. The Hall–Kier alpha value is -0.620. The van der Waals surface area contributed by atoms with Crippen LogP contribution >= 0.6 is 11.6 Å². The zero-order valence-electron chi connectivity index (χ0n) is 15.2. The molecular formula is C21H28ClIN2. The van der Waals surface area contributed by atoms with E-state index >= 15 is 0 Å². The van der Waals surface area contributed by atoms with Gasteiger partial charge in [-0.1, -0.05) is 54.1 Å². The van der Waals surface area contributed by atoms with Crippen LogP contribution in [0.1, 0.15) is 31.0 Å². The average molecular weight is 471 g/mol. The van der Waals surface area contributed by atoms with Gasteiger partial charge in [-0.15, -0.1) is 0 Å². The first-order chi connectivity index (χ1) is 11.7. The van der Waals surface area contributed by atoms with Gasteiger partial charge >= 0.3 is 0 Å². The first-order valence-electron chi connectivity index (χ1n) is 9.07. The van der Waals surface area contributed by atoms with Gasteiger partial charge in [0, 0.05) is 18.1 Å². The molecule has 1 unspecified atom stereocenters. The van der Waals surface area contributed by atoms with E-state index in [1.807, 2.05) is 6.07 Å². The van der Waals surface area contributed by atoms with Gasteiger partial charge in [-0.3, -0.25) is 4.90 Å². The summed E-state index contributed by atoms with van der Waals surface area (Å²) in [5.41, 5.74) is 2.65. The molecule has 1 saturated heterocycles. The summed E-state index contributed by atoms with van der Waals surface area (Å²) in [5, 5.41) is 0.817. The Morgan fingerprint density at radius 2 is 1.52 bits per heavy atom. The lowest BCUT2D eigenvalue weighted by molar-refractivity contribution is -0.929. The number of benzene rings is 2. The highest BCUT2D eigenvalue weighted by molar-refractivity contribution is 6.30. The zero-order chi connectivity index (χ0) is 17.0. The largest absolute Gasteiger partial charge is 1.00 e. The standard InChI is InChI=1S/C21H28ClN2.HI/c1-3-24(4-2)15-13-23(14-16-24)21(18-9-6-5-7-10-18)19-11-8-12-20(22)17-19;/h5-12,17,21H,3-4,13-16H2,1-2H3;1H/q+1;/p-1. The van der Waals surface area contributed by atoms with Crippen molar-refractivity contribution < 1.29 is 28.5 Å². The van der Waals surface area contributed by atoms with Crippen molar-refractivity contribution in [3.63, 3.8) is 0 Å².